The Hall–Kier alpha value is -1.45. The van der Waals surface area contributed by atoms with Crippen LogP contribution in [-0.4, -0.2) is 23.6 Å². The second-order valence-corrected chi connectivity index (χ2v) is 9.05. The topological polar surface area (TPSA) is 60.4 Å². The Balaban J connectivity index is 1.73. The maximum atomic E-state index is 12.5. The van der Waals surface area contributed by atoms with Gasteiger partial charge in [0.25, 0.3) is 0 Å². The predicted octanol–water partition coefficient (Wildman–Crippen LogP) is 3.63. The summed E-state index contributed by atoms with van der Waals surface area (Å²) in [5, 5.41) is 0. The van der Waals surface area contributed by atoms with Gasteiger partial charge in [-0.3, -0.25) is 14.4 Å². The van der Waals surface area contributed by atoms with Gasteiger partial charge in [-0.05, 0) is 55.9 Å². The molecule has 0 amide bonds. The van der Waals surface area contributed by atoms with E-state index in [0.29, 0.717) is 30.0 Å². The van der Waals surface area contributed by atoms with Gasteiger partial charge in [-0.2, -0.15) is 0 Å². The smallest absolute Gasteiger partial charge is 0.302 e. The number of esters is 1. The molecule has 136 valence electrons. The number of Topliss-reactive ketones (excluding diaryl/α,β-unsaturated/α-hetero) is 1. The molecule has 4 aliphatic carbocycles. The van der Waals surface area contributed by atoms with Crippen LogP contribution < -0.4 is 0 Å². The van der Waals surface area contributed by atoms with Crippen LogP contribution in [0.3, 0.4) is 0 Å². The Morgan fingerprint density at radius 3 is 2.60 bits per heavy atom. The van der Waals surface area contributed by atoms with Crippen molar-refractivity contribution in [3.05, 3.63) is 11.6 Å². The highest BCUT2D eigenvalue weighted by atomic mass is 16.5. The lowest BCUT2D eigenvalue weighted by Gasteiger charge is -2.58. The van der Waals surface area contributed by atoms with E-state index in [0.717, 1.165) is 38.5 Å². The average Bonchev–Trinajstić information content (AvgIpc) is 2.84. The first kappa shape index (κ1) is 17.0. The minimum absolute atomic E-state index is 0.0777. The summed E-state index contributed by atoms with van der Waals surface area (Å²) in [6.45, 7) is 5.81. The molecule has 1 unspecified atom stereocenters. The lowest BCUT2D eigenvalue weighted by atomic mass is 9.47. The number of ether oxygens (including phenoxy) is 1. The standard InChI is InChI=1S/C21H28O4/c1-12(22)25-19-11-14(23)10-13-4-5-15-16-6-7-18(24)20(16,2)9-8-17(15)21(13,19)3/h10,15-17,19H,4-9,11H2,1-3H3/t15-,16-,17-,19?,20-,21-/m0/s1. The van der Waals surface area contributed by atoms with E-state index in [2.05, 4.69) is 13.8 Å². The highest BCUT2D eigenvalue weighted by Crippen LogP contribution is 2.64. The van der Waals surface area contributed by atoms with E-state index in [9.17, 15) is 14.4 Å². The lowest BCUT2D eigenvalue weighted by Crippen LogP contribution is -2.56. The molecule has 0 aromatic heterocycles. The number of hydrogen-bond acceptors (Lipinski definition) is 4. The van der Waals surface area contributed by atoms with Crippen LogP contribution in [0.2, 0.25) is 0 Å². The zero-order valence-corrected chi connectivity index (χ0v) is 15.5. The van der Waals surface area contributed by atoms with Crippen LogP contribution in [0.4, 0.5) is 0 Å². The van der Waals surface area contributed by atoms with Crippen LogP contribution in [0.1, 0.15) is 65.7 Å². The summed E-state index contributed by atoms with van der Waals surface area (Å²) in [6, 6.07) is 0. The monoisotopic (exact) mass is 344 g/mol. The largest absolute Gasteiger partial charge is 0.461 e. The Labute approximate surface area is 149 Å². The first-order valence-electron chi connectivity index (χ1n) is 9.71. The van der Waals surface area contributed by atoms with E-state index in [1.807, 2.05) is 6.08 Å². The predicted molar refractivity (Wildman–Crippen MR) is 92.7 cm³/mol. The zero-order valence-electron chi connectivity index (χ0n) is 15.5. The van der Waals surface area contributed by atoms with Gasteiger partial charge >= 0.3 is 5.97 Å². The van der Waals surface area contributed by atoms with Crippen molar-refractivity contribution in [3.63, 3.8) is 0 Å². The van der Waals surface area contributed by atoms with Gasteiger partial charge in [-0.1, -0.05) is 19.4 Å². The van der Waals surface area contributed by atoms with Gasteiger partial charge in [0.1, 0.15) is 11.9 Å². The maximum absolute atomic E-state index is 12.5. The second kappa shape index (κ2) is 5.52. The molecule has 25 heavy (non-hydrogen) atoms. The summed E-state index contributed by atoms with van der Waals surface area (Å²) in [5.74, 6) is 1.56. The number of carbonyl (C=O) groups excluding carboxylic acids is 3. The number of ketones is 2. The van der Waals surface area contributed by atoms with Crippen molar-refractivity contribution < 1.29 is 19.1 Å². The molecular formula is C21H28O4. The van der Waals surface area contributed by atoms with Gasteiger partial charge in [-0.15, -0.1) is 0 Å². The molecule has 4 rings (SSSR count). The fourth-order valence-electron chi connectivity index (χ4n) is 6.72. The molecule has 0 radical (unpaired) electrons. The Morgan fingerprint density at radius 2 is 1.88 bits per heavy atom. The normalized spacial score (nSPS) is 46.0. The third-order valence-corrected chi connectivity index (χ3v) is 8.05. The Morgan fingerprint density at radius 1 is 1.12 bits per heavy atom. The van der Waals surface area contributed by atoms with Crippen LogP contribution in [-0.2, 0) is 19.1 Å². The molecule has 4 heteroatoms. The molecule has 6 atom stereocenters. The van der Waals surface area contributed by atoms with Crippen LogP contribution in [0.5, 0.6) is 0 Å². The maximum Gasteiger partial charge on any atom is 0.302 e. The number of carbonyl (C=O) groups is 3. The van der Waals surface area contributed by atoms with Crippen molar-refractivity contribution in [1.29, 1.82) is 0 Å². The molecule has 0 N–H and O–H groups in total. The third-order valence-electron chi connectivity index (χ3n) is 8.05. The first-order valence-corrected chi connectivity index (χ1v) is 9.71. The van der Waals surface area contributed by atoms with E-state index >= 15 is 0 Å². The molecule has 0 bridgehead atoms. The average molecular weight is 344 g/mol. The SMILES string of the molecule is CC(=O)OC1CC(=O)C=C2CC[C@H]3[C@@H]4CCC(=O)[C@@]4(C)CC[C@@H]3[C@]21C. The van der Waals surface area contributed by atoms with E-state index in [1.54, 1.807) is 0 Å². The summed E-state index contributed by atoms with van der Waals surface area (Å²) in [6.07, 6.45) is 7.35. The van der Waals surface area contributed by atoms with Crippen molar-refractivity contribution in [2.24, 2.45) is 28.6 Å². The first-order chi connectivity index (χ1) is 11.8. The zero-order chi connectivity index (χ0) is 18.0. The Kier molecular flexibility index (Phi) is 3.75. The minimum Gasteiger partial charge on any atom is -0.461 e. The molecule has 0 spiro atoms. The fourth-order valence-corrected chi connectivity index (χ4v) is 6.72. The molecule has 4 nitrogen and oxygen atoms in total. The lowest BCUT2D eigenvalue weighted by molar-refractivity contribution is -0.163. The summed E-state index contributed by atoms with van der Waals surface area (Å²) in [7, 11) is 0. The van der Waals surface area contributed by atoms with E-state index < -0.39 is 0 Å². The molecule has 0 saturated heterocycles. The van der Waals surface area contributed by atoms with Gasteiger partial charge in [-0.25, -0.2) is 0 Å². The summed E-state index contributed by atoms with van der Waals surface area (Å²) >= 11 is 0. The van der Waals surface area contributed by atoms with Gasteiger partial charge in [0.15, 0.2) is 5.78 Å². The van der Waals surface area contributed by atoms with Gasteiger partial charge in [0.05, 0.1) is 0 Å². The highest BCUT2D eigenvalue weighted by Gasteiger charge is 2.61. The third kappa shape index (κ3) is 2.29. The molecule has 0 aromatic carbocycles. The summed E-state index contributed by atoms with van der Waals surface area (Å²) in [5.41, 5.74) is 0.763. The number of fused-ring (bicyclic) bond motifs is 5. The van der Waals surface area contributed by atoms with Crippen molar-refractivity contribution in [2.45, 2.75) is 71.8 Å². The highest BCUT2D eigenvalue weighted by molar-refractivity contribution is 5.92. The fraction of sp³-hybridized carbons (Fsp3) is 0.762. The summed E-state index contributed by atoms with van der Waals surface area (Å²) < 4.78 is 5.67. The van der Waals surface area contributed by atoms with Gasteiger partial charge in [0.2, 0.25) is 0 Å². The molecule has 0 aliphatic heterocycles. The van der Waals surface area contributed by atoms with E-state index in [4.69, 9.17) is 4.74 Å². The van der Waals surface area contributed by atoms with Gasteiger partial charge < -0.3 is 4.74 Å². The molecular weight excluding hydrogens is 316 g/mol. The van der Waals surface area contributed by atoms with Crippen LogP contribution in [0, 0.1) is 28.6 Å². The van der Waals surface area contributed by atoms with Crippen molar-refractivity contribution in [1.82, 2.24) is 0 Å². The molecule has 3 saturated carbocycles. The second-order valence-electron chi connectivity index (χ2n) is 9.05. The summed E-state index contributed by atoms with van der Waals surface area (Å²) in [4.78, 5) is 36.3. The molecule has 0 aromatic rings. The van der Waals surface area contributed by atoms with Crippen molar-refractivity contribution >= 4 is 17.5 Å². The minimum atomic E-state index is -0.355. The Bertz CT molecular complexity index is 677. The molecule has 0 heterocycles. The number of rotatable bonds is 1. The van der Waals surface area contributed by atoms with Crippen molar-refractivity contribution in [3.8, 4) is 0 Å². The van der Waals surface area contributed by atoms with E-state index in [1.165, 1.54) is 12.5 Å². The number of hydrogen-bond donors (Lipinski definition) is 0. The molecule has 3 fully saturated rings. The quantitative estimate of drug-likeness (QED) is 0.682. The van der Waals surface area contributed by atoms with E-state index in [-0.39, 0.29) is 28.7 Å². The molecule has 4 aliphatic rings. The van der Waals surface area contributed by atoms with Crippen LogP contribution in [0.15, 0.2) is 11.6 Å². The van der Waals surface area contributed by atoms with Gasteiger partial charge in [0, 0.05) is 30.6 Å². The van der Waals surface area contributed by atoms with Crippen molar-refractivity contribution in [2.75, 3.05) is 0 Å². The van der Waals surface area contributed by atoms with Crippen LogP contribution >= 0.6 is 0 Å². The van der Waals surface area contributed by atoms with Crippen LogP contribution in [0.25, 0.3) is 0 Å².